The minimum Gasteiger partial charge on any atom is -0.508 e. The zero-order chi connectivity index (χ0) is 25.5. The molecule has 2 atom stereocenters. The van der Waals surface area contributed by atoms with Crippen LogP contribution in [0.4, 0.5) is 0 Å². The standard InChI is InChI=1S/C27H41NO5Si/c1-19(14-21-9-7-8-20(15-21)10-13-26(31)32)28-17-25(33-34(5,6)27(2,3)4)22-11-12-24(30)23(16-22)18-29/h7-9,11-12,15-16,19,25,28-30H,10,13-14,17-18H2,1-6H3,(H,31,32)/t19-,25-/m1/s1. The number of carboxylic acid groups (broad SMARTS) is 1. The number of hydrogen-bond donors (Lipinski definition) is 4. The molecule has 4 N–H and O–H groups in total. The van der Waals surface area contributed by atoms with Gasteiger partial charge in [0.2, 0.25) is 0 Å². The number of benzene rings is 2. The van der Waals surface area contributed by atoms with Crippen LogP contribution in [0.1, 0.15) is 62.5 Å². The maximum absolute atomic E-state index is 10.9. The minimum atomic E-state index is -2.08. The monoisotopic (exact) mass is 487 g/mol. The SMILES string of the molecule is C[C@H](Cc1cccc(CCC(=O)O)c1)NC[C@@H](O[Si](C)(C)C(C)(C)C)c1ccc(O)c(CO)c1. The van der Waals surface area contributed by atoms with Gasteiger partial charge in [-0.2, -0.15) is 0 Å². The number of phenols is 1. The van der Waals surface area contributed by atoms with E-state index in [0.29, 0.717) is 18.5 Å². The number of aliphatic carboxylic acids is 1. The molecular formula is C27H41NO5Si. The highest BCUT2D eigenvalue weighted by molar-refractivity contribution is 6.74. The summed E-state index contributed by atoms with van der Waals surface area (Å²) < 4.78 is 6.76. The molecule has 0 saturated heterocycles. The lowest BCUT2D eigenvalue weighted by molar-refractivity contribution is -0.136. The van der Waals surface area contributed by atoms with E-state index in [-0.39, 0.29) is 36.0 Å². The Balaban J connectivity index is 2.14. The van der Waals surface area contributed by atoms with Gasteiger partial charge in [0.05, 0.1) is 12.7 Å². The van der Waals surface area contributed by atoms with Gasteiger partial charge in [0.25, 0.3) is 0 Å². The van der Waals surface area contributed by atoms with Crippen molar-refractivity contribution in [3.8, 4) is 5.75 Å². The average molecular weight is 488 g/mol. The van der Waals surface area contributed by atoms with Gasteiger partial charge in [-0.1, -0.05) is 51.1 Å². The fourth-order valence-corrected chi connectivity index (χ4v) is 4.87. The van der Waals surface area contributed by atoms with Crippen molar-refractivity contribution in [3.63, 3.8) is 0 Å². The van der Waals surface area contributed by atoms with Crippen LogP contribution in [0.3, 0.4) is 0 Å². The Kier molecular flexibility index (Phi) is 9.88. The van der Waals surface area contributed by atoms with Gasteiger partial charge in [-0.25, -0.2) is 0 Å². The molecule has 7 heteroatoms. The number of aryl methyl sites for hydroxylation is 1. The van der Waals surface area contributed by atoms with Crippen molar-refractivity contribution in [3.05, 3.63) is 64.7 Å². The zero-order valence-corrected chi connectivity index (χ0v) is 22.4. The second-order valence-corrected chi connectivity index (χ2v) is 15.4. The number of nitrogens with one attached hydrogen (secondary N) is 1. The van der Waals surface area contributed by atoms with Crippen molar-refractivity contribution in [2.24, 2.45) is 0 Å². The third-order valence-electron chi connectivity index (χ3n) is 6.70. The van der Waals surface area contributed by atoms with E-state index in [2.05, 4.69) is 58.2 Å². The van der Waals surface area contributed by atoms with Gasteiger partial charge in [0.15, 0.2) is 8.32 Å². The van der Waals surface area contributed by atoms with Crippen molar-refractivity contribution in [1.29, 1.82) is 0 Å². The first-order valence-corrected chi connectivity index (χ1v) is 14.9. The molecule has 2 aromatic rings. The molecule has 0 aromatic heterocycles. The van der Waals surface area contributed by atoms with Crippen LogP contribution in [0.25, 0.3) is 0 Å². The number of carboxylic acids is 1. The minimum absolute atomic E-state index is 0.0456. The van der Waals surface area contributed by atoms with Crippen LogP contribution in [-0.4, -0.2) is 42.2 Å². The quantitative estimate of drug-likeness (QED) is 0.308. The molecular weight excluding hydrogens is 446 g/mol. The van der Waals surface area contributed by atoms with E-state index < -0.39 is 14.3 Å². The van der Waals surface area contributed by atoms with Gasteiger partial charge >= 0.3 is 5.97 Å². The van der Waals surface area contributed by atoms with Crippen molar-refractivity contribution in [2.45, 2.75) is 83.8 Å². The van der Waals surface area contributed by atoms with Crippen molar-refractivity contribution in [2.75, 3.05) is 6.54 Å². The second kappa shape index (κ2) is 12.0. The van der Waals surface area contributed by atoms with Crippen molar-refractivity contribution < 1.29 is 24.5 Å². The molecule has 2 rings (SSSR count). The van der Waals surface area contributed by atoms with E-state index in [9.17, 15) is 15.0 Å². The normalized spacial score (nSPS) is 14.1. The summed E-state index contributed by atoms with van der Waals surface area (Å²) in [5, 5.41) is 32.2. The summed E-state index contributed by atoms with van der Waals surface area (Å²) >= 11 is 0. The van der Waals surface area contributed by atoms with E-state index in [0.717, 1.165) is 23.1 Å². The molecule has 0 amide bonds. The summed E-state index contributed by atoms with van der Waals surface area (Å²) in [6.45, 7) is 13.6. The molecule has 2 aromatic carbocycles. The van der Waals surface area contributed by atoms with Crippen LogP contribution in [-0.2, 0) is 28.7 Å². The summed E-state index contributed by atoms with van der Waals surface area (Å²) in [7, 11) is -2.08. The summed E-state index contributed by atoms with van der Waals surface area (Å²) in [5.74, 6) is -0.701. The van der Waals surface area contributed by atoms with Crippen LogP contribution in [0.2, 0.25) is 18.1 Å². The van der Waals surface area contributed by atoms with Gasteiger partial charge in [-0.3, -0.25) is 4.79 Å². The summed E-state index contributed by atoms with van der Waals surface area (Å²) in [6, 6.07) is 13.6. The summed E-state index contributed by atoms with van der Waals surface area (Å²) in [5.41, 5.74) is 3.62. The predicted octanol–water partition coefficient (Wildman–Crippen LogP) is 5.19. The molecule has 188 valence electrons. The molecule has 0 heterocycles. The van der Waals surface area contributed by atoms with E-state index >= 15 is 0 Å². The Labute approximate surface area is 205 Å². The first-order chi connectivity index (χ1) is 15.8. The topological polar surface area (TPSA) is 99.0 Å². The van der Waals surface area contributed by atoms with Gasteiger partial charge < -0.3 is 25.1 Å². The Morgan fingerprint density at radius 3 is 2.41 bits per heavy atom. The average Bonchev–Trinajstić information content (AvgIpc) is 2.75. The maximum atomic E-state index is 10.9. The van der Waals surface area contributed by atoms with E-state index in [4.69, 9.17) is 9.53 Å². The molecule has 0 aliphatic carbocycles. The maximum Gasteiger partial charge on any atom is 0.303 e. The van der Waals surface area contributed by atoms with Crippen LogP contribution in [0.5, 0.6) is 5.75 Å². The molecule has 0 radical (unpaired) electrons. The Morgan fingerprint density at radius 1 is 1.12 bits per heavy atom. The van der Waals surface area contributed by atoms with Gasteiger partial charge in [-0.05, 0) is 66.7 Å². The molecule has 0 spiro atoms. The first-order valence-electron chi connectivity index (χ1n) is 12.0. The van der Waals surface area contributed by atoms with Crippen LogP contribution in [0.15, 0.2) is 42.5 Å². The third kappa shape index (κ3) is 8.23. The van der Waals surface area contributed by atoms with Gasteiger partial charge in [0.1, 0.15) is 5.75 Å². The molecule has 34 heavy (non-hydrogen) atoms. The van der Waals surface area contributed by atoms with E-state index in [1.807, 2.05) is 24.3 Å². The van der Waals surface area contributed by atoms with E-state index in [1.54, 1.807) is 6.07 Å². The lowest BCUT2D eigenvalue weighted by Crippen LogP contribution is -2.44. The van der Waals surface area contributed by atoms with Crippen molar-refractivity contribution in [1.82, 2.24) is 5.32 Å². The molecule has 6 nitrogen and oxygen atoms in total. The number of aliphatic hydroxyl groups excluding tert-OH is 1. The number of rotatable bonds is 12. The molecule has 0 saturated carbocycles. The highest BCUT2D eigenvalue weighted by atomic mass is 28.4. The number of aromatic hydroxyl groups is 1. The van der Waals surface area contributed by atoms with Crippen LogP contribution in [0, 0.1) is 0 Å². The Bertz CT molecular complexity index is 954. The lowest BCUT2D eigenvalue weighted by Gasteiger charge is -2.40. The second-order valence-electron chi connectivity index (χ2n) is 10.6. The number of hydrogen-bond acceptors (Lipinski definition) is 5. The fraction of sp³-hybridized carbons (Fsp3) is 0.519. The number of aliphatic hydroxyl groups is 1. The first kappa shape index (κ1) is 28.0. The van der Waals surface area contributed by atoms with Crippen LogP contribution >= 0.6 is 0 Å². The molecule has 0 bridgehead atoms. The molecule has 0 unspecified atom stereocenters. The molecule has 0 aliphatic rings. The third-order valence-corrected chi connectivity index (χ3v) is 11.2. The predicted molar refractivity (Wildman–Crippen MR) is 139 cm³/mol. The highest BCUT2D eigenvalue weighted by Crippen LogP contribution is 2.40. The Morgan fingerprint density at radius 2 is 1.79 bits per heavy atom. The van der Waals surface area contributed by atoms with Crippen molar-refractivity contribution >= 4 is 14.3 Å². The fourth-order valence-electron chi connectivity index (χ4n) is 3.59. The van der Waals surface area contributed by atoms with Gasteiger partial charge in [0, 0.05) is 24.6 Å². The largest absolute Gasteiger partial charge is 0.508 e. The molecule has 0 fully saturated rings. The Hall–Kier alpha value is -2.19. The molecule has 0 aliphatic heterocycles. The van der Waals surface area contributed by atoms with E-state index in [1.165, 1.54) is 0 Å². The summed E-state index contributed by atoms with van der Waals surface area (Å²) in [6.07, 6.45) is 1.26. The lowest BCUT2D eigenvalue weighted by atomic mass is 10.0. The van der Waals surface area contributed by atoms with Gasteiger partial charge in [-0.15, -0.1) is 0 Å². The zero-order valence-electron chi connectivity index (χ0n) is 21.4. The summed E-state index contributed by atoms with van der Waals surface area (Å²) in [4.78, 5) is 10.9. The number of carbonyl (C=O) groups is 1. The smallest absolute Gasteiger partial charge is 0.303 e. The highest BCUT2D eigenvalue weighted by Gasteiger charge is 2.39. The van der Waals surface area contributed by atoms with Crippen LogP contribution < -0.4 is 5.32 Å².